The molecule has 43 heavy (non-hydrogen) atoms. The number of hydrogen-bond acceptors (Lipinski definition) is 6. The molecule has 8 heteroatoms. The van der Waals surface area contributed by atoms with Crippen LogP contribution in [0.4, 0.5) is 0 Å². The van der Waals surface area contributed by atoms with Crippen molar-refractivity contribution in [3.8, 4) is 0 Å². The SMILES string of the molecule is CCOC(=O)C[C@H]1C[C@H](Br)C[C@@H](C[C@H](O)C[C@H]2O[C@H](C[C@@H](/C=C/CC(C)C)O[Si](C(C)C)(C(C)C)C(C)C)CC[C@@H]2C)O1. The van der Waals surface area contributed by atoms with Crippen molar-refractivity contribution < 1.29 is 28.5 Å². The Morgan fingerprint density at radius 3 is 2.14 bits per heavy atom. The van der Waals surface area contributed by atoms with Gasteiger partial charge in [-0.2, -0.15) is 0 Å². The van der Waals surface area contributed by atoms with Gasteiger partial charge in [-0.3, -0.25) is 4.79 Å². The van der Waals surface area contributed by atoms with Gasteiger partial charge in [0.1, 0.15) is 0 Å². The highest BCUT2D eigenvalue weighted by Crippen LogP contribution is 2.44. The number of hydrogen-bond donors (Lipinski definition) is 1. The first kappa shape index (κ1) is 38.9. The van der Waals surface area contributed by atoms with Gasteiger partial charge in [-0.25, -0.2) is 0 Å². The van der Waals surface area contributed by atoms with E-state index in [1.807, 2.05) is 6.92 Å². The van der Waals surface area contributed by atoms with Crippen LogP contribution < -0.4 is 0 Å². The molecule has 0 spiro atoms. The fourth-order valence-corrected chi connectivity index (χ4v) is 13.9. The second kappa shape index (κ2) is 18.8. The summed E-state index contributed by atoms with van der Waals surface area (Å²) in [6, 6.07) is 0. The van der Waals surface area contributed by atoms with Crippen molar-refractivity contribution in [3.63, 3.8) is 0 Å². The van der Waals surface area contributed by atoms with Crippen molar-refractivity contribution in [2.24, 2.45) is 11.8 Å². The molecule has 0 radical (unpaired) electrons. The molecule has 0 amide bonds. The maximum Gasteiger partial charge on any atom is 0.308 e. The summed E-state index contributed by atoms with van der Waals surface area (Å²) < 4.78 is 25.4. The van der Waals surface area contributed by atoms with Crippen molar-refractivity contribution in [2.45, 2.75) is 185 Å². The summed E-state index contributed by atoms with van der Waals surface area (Å²) in [5, 5.41) is 11.2. The molecule has 2 rings (SSSR count). The molecule has 1 N–H and O–H groups in total. The molecule has 2 aliphatic heterocycles. The summed E-state index contributed by atoms with van der Waals surface area (Å²) in [6.45, 7) is 23.1. The summed E-state index contributed by atoms with van der Waals surface area (Å²) in [5.41, 5.74) is 1.59. The lowest BCUT2D eigenvalue weighted by Gasteiger charge is -2.45. The van der Waals surface area contributed by atoms with E-state index in [9.17, 15) is 9.90 Å². The minimum Gasteiger partial charge on any atom is -0.466 e. The van der Waals surface area contributed by atoms with Crippen molar-refractivity contribution in [1.29, 1.82) is 0 Å². The van der Waals surface area contributed by atoms with E-state index in [4.69, 9.17) is 18.6 Å². The maximum absolute atomic E-state index is 12.0. The van der Waals surface area contributed by atoms with Gasteiger partial charge >= 0.3 is 5.97 Å². The molecule has 0 aliphatic carbocycles. The second-order valence-electron chi connectivity index (χ2n) is 14.7. The van der Waals surface area contributed by atoms with Crippen molar-refractivity contribution in [3.05, 3.63) is 12.2 Å². The molecule has 2 fully saturated rings. The highest BCUT2D eigenvalue weighted by atomic mass is 79.9. The largest absolute Gasteiger partial charge is 0.466 e. The summed E-state index contributed by atoms with van der Waals surface area (Å²) in [7, 11) is -2.05. The first-order chi connectivity index (χ1) is 20.2. The number of aliphatic hydroxyl groups is 1. The van der Waals surface area contributed by atoms with Gasteiger partial charge in [0.15, 0.2) is 0 Å². The van der Waals surface area contributed by atoms with E-state index in [2.05, 4.69) is 90.4 Å². The number of esters is 1. The van der Waals surface area contributed by atoms with Crippen molar-refractivity contribution in [1.82, 2.24) is 0 Å². The number of carbonyl (C=O) groups excluding carboxylic acids is 1. The molecule has 0 bridgehead atoms. The third-order valence-electron chi connectivity index (χ3n) is 9.62. The maximum atomic E-state index is 12.0. The molecule has 2 aliphatic rings. The van der Waals surface area contributed by atoms with E-state index >= 15 is 0 Å². The van der Waals surface area contributed by atoms with Crippen molar-refractivity contribution in [2.75, 3.05) is 6.61 Å². The molecule has 2 heterocycles. The molecule has 252 valence electrons. The van der Waals surface area contributed by atoms with Crippen LogP contribution in [-0.2, 0) is 23.4 Å². The lowest BCUT2D eigenvalue weighted by atomic mass is 9.87. The fraction of sp³-hybridized carbons (Fsp3) is 0.914. The van der Waals surface area contributed by atoms with Crippen molar-refractivity contribution >= 4 is 30.2 Å². The van der Waals surface area contributed by atoms with Gasteiger partial charge in [0, 0.05) is 11.2 Å². The van der Waals surface area contributed by atoms with Crippen LogP contribution in [0.25, 0.3) is 0 Å². The predicted octanol–water partition coefficient (Wildman–Crippen LogP) is 9.13. The van der Waals surface area contributed by atoms with E-state index < -0.39 is 14.4 Å². The lowest BCUT2D eigenvalue weighted by Crippen LogP contribution is -2.50. The topological polar surface area (TPSA) is 74.2 Å². The van der Waals surface area contributed by atoms with Gasteiger partial charge in [-0.15, -0.1) is 0 Å². The highest BCUT2D eigenvalue weighted by molar-refractivity contribution is 9.09. The zero-order valence-corrected chi connectivity index (χ0v) is 31.6. The monoisotopic (exact) mass is 688 g/mol. The van der Waals surface area contributed by atoms with Crippen LogP contribution in [0.5, 0.6) is 0 Å². The Labute approximate surface area is 273 Å². The first-order valence-electron chi connectivity index (χ1n) is 17.3. The highest BCUT2D eigenvalue weighted by Gasteiger charge is 2.47. The molecule has 2 saturated heterocycles. The van der Waals surface area contributed by atoms with E-state index in [0.717, 1.165) is 38.5 Å². The average molecular weight is 690 g/mol. The second-order valence-corrected chi connectivity index (χ2v) is 21.4. The zero-order chi connectivity index (χ0) is 32.3. The van der Waals surface area contributed by atoms with E-state index in [1.54, 1.807) is 0 Å². The number of halogens is 1. The predicted molar refractivity (Wildman–Crippen MR) is 183 cm³/mol. The van der Waals surface area contributed by atoms with Gasteiger partial charge in [0.25, 0.3) is 0 Å². The summed E-state index contributed by atoms with van der Waals surface area (Å²) >= 11 is 3.75. The smallest absolute Gasteiger partial charge is 0.308 e. The Morgan fingerprint density at radius 2 is 1.56 bits per heavy atom. The van der Waals surface area contributed by atoms with Crippen LogP contribution in [0.15, 0.2) is 12.2 Å². The van der Waals surface area contributed by atoms with E-state index in [1.165, 1.54) is 0 Å². The fourth-order valence-electron chi connectivity index (χ4n) is 7.55. The quantitative estimate of drug-likeness (QED) is 0.0711. The number of rotatable bonds is 17. The summed E-state index contributed by atoms with van der Waals surface area (Å²) in [4.78, 5) is 12.3. The van der Waals surface area contributed by atoms with Crippen LogP contribution >= 0.6 is 15.9 Å². The number of alkyl halides is 1. The van der Waals surface area contributed by atoms with E-state index in [0.29, 0.717) is 47.9 Å². The average Bonchev–Trinajstić information content (AvgIpc) is 2.87. The Balaban J connectivity index is 2.06. The van der Waals surface area contributed by atoms with Crippen LogP contribution in [0.2, 0.25) is 16.6 Å². The number of allylic oxidation sites excluding steroid dienone is 1. The Morgan fingerprint density at radius 1 is 0.930 bits per heavy atom. The Kier molecular flexibility index (Phi) is 17.0. The number of ether oxygens (including phenoxy) is 3. The Bertz CT molecular complexity index is 811. The number of carbonyl (C=O) groups is 1. The molecule has 0 aromatic rings. The zero-order valence-electron chi connectivity index (χ0n) is 29.0. The van der Waals surface area contributed by atoms with Crippen LogP contribution in [0, 0.1) is 11.8 Å². The first-order valence-corrected chi connectivity index (χ1v) is 20.4. The molecular formula is C35H65BrO6Si. The van der Waals surface area contributed by atoms with Gasteiger partial charge in [0.05, 0.1) is 49.7 Å². The molecular weight excluding hydrogens is 624 g/mol. The van der Waals surface area contributed by atoms with Crippen LogP contribution in [-0.4, -0.2) is 67.5 Å². The molecule has 0 aromatic carbocycles. The summed E-state index contributed by atoms with van der Waals surface area (Å²) in [6.07, 6.45) is 11.1. The van der Waals surface area contributed by atoms with Gasteiger partial charge in [-0.1, -0.05) is 90.4 Å². The van der Waals surface area contributed by atoms with Gasteiger partial charge in [-0.05, 0) is 80.3 Å². The number of aliphatic hydroxyl groups excluding tert-OH is 1. The molecule has 8 atom stereocenters. The molecule has 6 nitrogen and oxygen atoms in total. The normalized spacial score (nSPS) is 28.7. The molecule has 0 saturated carbocycles. The van der Waals surface area contributed by atoms with E-state index in [-0.39, 0.29) is 47.7 Å². The minimum atomic E-state index is -2.05. The Hall–Kier alpha value is -0.253. The standard InChI is InChI=1S/C35H65BrO6Si/c1-11-39-35(38)22-33-18-28(36)17-32(40-33)19-29(37)20-34-27(10)15-16-30(41-34)21-31(14-12-13-23(2)3)42-43(24(4)5,25(6)7)26(8)9/h12,14,23-34,37H,11,13,15-22H2,1-10H3/b14-12+/t27-,28+,29-,30-,31+,32-,33+,34+/m0/s1. The van der Waals surface area contributed by atoms with Gasteiger partial charge < -0.3 is 23.7 Å². The van der Waals surface area contributed by atoms with Crippen LogP contribution in [0.3, 0.4) is 0 Å². The molecule has 0 aromatic heterocycles. The van der Waals surface area contributed by atoms with Crippen LogP contribution in [0.1, 0.15) is 127 Å². The molecule has 0 unspecified atom stereocenters. The third-order valence-corrected chi connectivity index (χ3v) is 16.5. The summed E-state index contributed by atoms with van der Waals surface area (Å²) in [5.74, 6) is 0.788. The lowest BCUT2D eigenvalue weighted by molar-refractivity contribution is -0.150. The minimum absolute atomic E-state index is 0.00929. The van der Waals surface area contributed by atoms with Gasteiger partial charge in [0.2, 0.25) is 8.32 Å². The third kappa shape index (κ3) is 12.5.